The SMILES string of the molecule is CC(C)S(=Nc1c(-c2cc(Cl)c3c(c2)OCO3)c(C(F)(F)F)nn1-c1ncccn1)C(C)C. The lowest BCUT2D eigenvalue weighted by molar-refractivity contribution is -0.140. The molecule has 12 heteroatoms. The Balaban J connectivity index is 2.09. The molecule has 0 saturated carbocycles. The fourth-order valence-corrected chi connectivity index (χ4v) is 5.61. The molecule has 1 aromatic carbocycles. The van der Waals surface area contributed by atoms with Crippen LogP contribution in [0.25, 0.3) is 17.1 Å². The summed E-state index contributed by atoms with van der Waals surface area (Å²) in [6, 6.07) is 4.43. The van der Waals surface area contributed by atoms with Crippen LogP contribution in [-0.4, -0.2) is 37.0 Å². The van der Waals surface area contributed by atoms with Gasteiger partial charge in [-0.3, -0.25) is 0 Å². The molecule has 3 aromatic rings. The van der Waals surface area contributed by atoms with Crippen molar-refractivity contribution >= 4 is 28.1 Å². The predicted molar refractivity (Wildman–Crippen MR) is 120 cm³/mol. The van der Waals surface area contributed by atoms with Crippen LogP contribution >= 0.6 is 11.6 Å². The lowest BCUT2D eigenvalue weighted by Crippen LogP contribution is -2.16. The van der Waals surface area contributed by atoms with E-state index in [0.717, 1.165) is 4.68 Å². The first kappa shape index (κ1) is 23.5. The van der Waals surface area contributed by atoms with Gasteiger partial charge in [-0.2, -0.15) is 23.0 Å². The van der Waals surface area contributed by atoms with Gasteiger partial charge in [-0.15, -0.1) is 0 Å². The highest BCUT2D eigenvalue weighted by Gasteiger charge is 2.41. The quantitative estimate of drug-likeness (QED) is 0.431. The molecule has 7 nitrogen and oxygen atoms in total. The van der Waals surface area contributed by atoms with Gasteiger partial charge in [-0.05, 0) is 23.8 Å². The van der Waals surface area contributed by atoms with Gasteiger partial charge in [0.2, 0.25) is 6.79 Å². The van der Waals surface area contributed by atoms with Gasteiger partial charge in [0.1, 0.15) is 0 Å². The van der Waals surface area contributed by atoms with Crippen molar-refractivity contribution in [1.29, 1.82) is 0 Å². The largest absolute Gasteiger partial charge is 0.454 e. The molecule has 2 aromatic heterocycles. The third-order valence-electron chi connectivity index (χ3n) is 4.74. The Labute approximate surface area is 196 Å². The molecule has 0 saturated heterocycles. The topological polar surface area (TPSA) is 74.4 Å². The number of nitrogens with zero attached hydrogens (tertiary/aromatic N) is 5. The standard InChI is InChI=1S/C21H21ClF3N5O2S/c1-11(2)33(12(3)4)29-19-16(13-8-14(22)17-15(9-13)31-10-32-17)18(21(23,24)25)28-30(19)20-26-6-5-7-27-20/h5-9,11-12H,10H2,1-4H3. The van der Waals surface area contributed by atoms with Crippen LogP contribution in [0.15, 0.2) is 35.0 Å². The van der Waals surface area contributed by atoms with Crippen molar-refractivity contribution in [2.45, 2.75) is 44.4 Å². The third kappa shape index (κ3) is 4.56. The summed E-state index contributed by atoms with van der Waals surface area (Å²) in [5, 5.41) is 4.20. The van der Waals surface area contributed by atoms with Crippen molar-refractivity contribution in [2.24, 2.45) is 4.36 Å². The fraction of sp³-hybridized carbons (Fsp3) is 0.381. The maximum atomic E-state index is 14.2. The lowest BCUT2D eigenvalue weighted by atomic mass is 10.0. The number of aromatic nitrogens is 4. The second-order valence-corrected chi connectivity index (χ2v) is 10.9. The highest BCUT2D eigenvalue weighted by atomic mass is 35.5. The zero-order valence-corrected chi connectivity index (χ0v) is 19.8. The summed E-state index contributed by atoms with van der Waals surface area (Å²) in [4.78, 5) is 8.21. The molecule has 3 heterocycles. The maximum absolute atomic E-state index is 14.2. The molecule has 0 fully saturated rings. The van der Waals surface area contributed by atoms with Gasteiger partial charge in [0.25, 0.3) is 5.95 Å². The number of halogens is 4. The van der Waals surface area contributed by atoms with Crippen LogP contribution in [-0.2, 0) is 16.9 Å². The van der Waals surface area contributed by atoms with E-state index in [4.69, 9.17) is 25.4 Å². The number of hydrogen-bond donors (Lipinski definition) is 0. The van der Waals surface area contributed by atoms with E-state index >= 15 is 0 Å². The summed E-state index contributed by atoms with van der Waals surface area (Å²) in [5.74, 6) is 0.535. The zero-order chi connectivity index (χ0) is 23.9. The molecule has 0 radical (unpaired) electrons. The Morgan fingerprint density at radius 2 is 1.76 bits per heavy atom. The monoisotopic (exact) mass is 499 g/mol. The number of alkyl halides is 3. The smallest absolute Gasteiger partial charge is 0.435 e. The van der Waals surface area contributed by atoms with Gasteiger partial charge < -0.3 is 9.47 Å². The highest BCUT2D eigenvalue weighted by Crippen LogP contribution is 2.48. The minimum absolute atomic E-state index is 0.00851. The molecule has 33 heavy (non-hydrogen) atoms. The molecule has 176 valence electrons. The first-order valence-corrected chi connectivity index (χ1v) is 11.8. The van der Waals surface area contributed by atoms with E-state index in [0.29, 0.717) is 0 Å². The molecular weight excluding hydrogens is 479 g/mol. The first-order chi connectivity index (χ1) is 15.6. The molecular formula is C21H21ClF3N5O2S. The Kier molecular flexibility index (Phi) is 6.37. The van der Waals surface area contributed by atoms with Crippen molar-refractivity contribution in [3.05, 3.63) is 41.3 Å². The number of rotatable bonds is 5. The zero-order valence-electron chi connectivity index (χ0n) is 18.2. The van der Waals surface area contributed by atoms with Crippen LogP contribution < -0.4 is 9.47 Å². The van der Waals surface area contributed by atoms with E-state index in [1.807, 2.05) is 27.7 Å². The molecule has 0 amide bonds. The Morgan fingerprint density at radius 3 is 2.36 bits per heavy atom. The van der Waals surface area contributed by atoms with Crippen LogP contribution in [0.5, 0.6) is 11.5 Å². The number of hydrogen-bond acceptors (Lipinski definition) is 6. The Hall–Kier alpha value is -2.66. The third-order valence-corrected chi connectivity index (χ3v) is 7.34. The van der Waals surface area contributed by atoms with E-state index in [-0.39, 0.29) is 56.7 Å². The molecule has 0 aliphatic carbocycles. The second kappa shape index (κ2) is 8.94. The highest BCUT2D eigenvalue weighted by molar-refractivity contribution is 7.88. The van der Waals surface area contributed by atoms with Crippen molar-refractivity contribution in [3.8, 4) is 28.6 Å². The van der Waals surface area contributed by atoms with E-state index in [1.165, 1.54) is 24.5 Å². The van der Waals surface area contributed by atoms with Crippen molar-refractivity contribution in [3.63, 3.8) is 0 Å². The molecule has 1 aliphatic heterocycles. The summed E-state index contributed by atoms with van der Waals surface area (Å²) >= 11 is 6.31. The van der Waals surface area contributed by atoms with Gasteiger partial charge in [-0.25, -0.2) is 14.3 Å². The summed E-state index contributed by atoms with van der Waals surface area (Å²) in [6.45, 7) is 7.85. The minimum Gasteiger partial charge on any atom is -0.454 e. The predicted octanol–water partition coefficient (Wildman–Crippen LogP) is 5.98. The molecule has 4 rings (SSSR count). The molecule has 0 unspecified atom stereocenters. The maximum Gasteiger partial charge on any atom is 0.435 e. The van der Waals surface area contributed by atoms with Crippen molar-refractivity contribution in [1.82, 2.24) is 19.7 Å². The number of ether oxygens (including phenoxy) is 2. The van der Waals surface area contributed by atoms with Crippen molar-refractivity contribution < 1.29 is 22.6 Å². The first-order valence-electron chi connectivity index (χ1n) is 10.1. The Morgan fingerprint density at radius 1 is 1.09 bits per heavy atom. The average Bonchev–Trinajstić information content (AvgIpc) is 3.36. The van der Waals surface area contributed by atoms with Crippen LogP contribution in [0.4, 0.5) is 19.0 Å². The van der Waals surface area contributed by atoms with Crippen LogP contribution in [0, 0.1) is 0 Å². The van der Waals surface area contributed by atoms with E-state index < -0.39 is 22.6 Å². The molecule has 1 aliphatic rings. The van der Waals surface area contributed by atoms with E-state index in [1.54, 1.807) is 6.07 Å². The van der Waals surface area contributed by atoms with Gasteiger partial charge in [0.05, 0.1) is 10.6 Å². The molecule has 0 spiro atoms. The second-order valence-electron chi connectivity index (χ2n) is 7.73. The number of benzene rings is 1. The summed E-state index contributed by atoms with van der Waals surface area (Å²) in [7, 11) is -0.613. The summed E-state index contributed by atoms with van der Waals surface area (Å²) in [6.07, 6.45) is -1.90. The number of fused-ring (bicyclic) bond motifs is 1. The Bertz CT molecular complexity index is 1200. The normalized spacial score (nSPS) is 13.4. The van der Waals surface area contributed by atoms with Gasteiger partial charge >= 0.3 is 6.18 Å². The summed E-state index contributed by atoms with van der Waals surface area (Å²) in [5.41, 5.74) is -1.16. The van der Waals surface area contributed by atoms with Gasteiger partial charge in [-0.1, -0.05) is 50.0 Å². The van der Waals surface area contributed by atoms with Crippen LogP contribution in [0.2, 0.25) is 5.02 Å². The molecule has 0 bridgehead atoms. The van der Waals surface area contributed by atoms with E-state index in [9.17, 15) is 13.2 Å². The molecule has 0 N–H and O–H groups in total. The molecule has 0 atom stereocenters. The average molecular weight is 500 g/mol. The summed E-state index contributed by atoms with van der Waals surface area (Å²) < 4.78 is 59.2. The minimum atomic E-state index is -4.77. The van der Waals surface area contributed by atoms with Gasteiger partial charge in [0, 0.05) is 22.9 Å². The fourth-order valence-electron chi connectivity index (χ4n) is 3.46. The van der Waals surface area contributed by atoms with E-state index in [2.05, 4.69) is 15.1 Å². The van der Waals surface area contributed by atoms with Gasteiger partial charge in [0.15, 0.2) is 23.0 Å². The van der Waals surface area contributed by atoms with Crippen molar-refractivity contribution in [2.75, 3.05) is 6.79 Å². The van der Waals surface area contributed by atoms with Crippen LogP contribution in [0.3, 0.4) is 0 Å². The lowest BCUT2D eigenvalue weighted by Gasteiger charge is -2.17. The van der Waals surface area contributed by atoms with Crippen LogP contribution in [0.1, 0.15) is 33.4 Å².